The second-order valence-corrected chi connectivity index (χ2v) is 5.82. The largest absolute Gasteiger partial charge is 0.594 e. The summed E-state index contributed by atoms with van der Waals surface area (Å²) in [6.45, 7) is 0.624. The second-order valence-electron chi connectivity index (χ2n) is 5.82. The van der Waals surface area contributed by atoms with E-state index in [4.69, 9.17) is 0 Å². The monoisotopic (exact) mass is 332 g/mol. The van der Waals surface area contributed by atoms with Crippen LogP contribution >= 0.6 is 0 Å². The quantitative estimate of drug-likeness (QED) is 0.458. The molecule has 4 rings (SSSR count). The number of hydrogen-bond donors (Lipinski definition) is 1. The van der Waals surface area contributed by atoms with Crippen LogP contribution in [0.25, 0.3) is 22.2 Å². The molecule has 4 aromatic rings. The first-order valence-electron chi connectivity index (χ1n) is 7.86. The Morgan fingerprint density at radius 1 is 1.12 bits per heavy atom. The number of nitrogens with one attached hydrogen (secondary N) is 1. The molecule has 25 heavy (non-hydrogen) atoms. The Balaban J connectivity index is 1.68. The van der Waals surface area contributed by atoms with Crippen molar-refractivity contribution in [1.82, 2.24) is 20.3 Å². The Kier molecular flexibility index (Phi) is 3.74. The van der Waals surface area contributed by atoms with E-state index in [1.165, 1.54) is 0 Å². The van der Waals surface area contributed by atoms with Gasteiger partial charge in [0.25, 0.3) is 11.5 Å². The minimum atomic E-state index is 0.391. The average molecular weight is 332 g/mol. The summed E-state index contributed by atoms with van der Waals surface area (Å²) >= 11 is 0. The molecule has 2 aromatic heterocycles. The summed E-state index contributed by atoms with van der Waals surface area (Å²) in [5, 5.41) is 23.2. The molecule has 124 valence electrons. The molecule has 0 saturated carbocycles. The summed E-state index contributed by atoms with van der Waals surface area (Å²) in [7, 11) is 1.87. The van der Waals surface area contributed by atoms with Gasteiger partial charge in [-0.2, -0.15) is 5.10 Å². The van der Waals surface area contributed by atoms with Gasteiger partial charge < -0.3 is 10.1 Å². The van der Waals surface area contributed by atoms with Crippen LogP contribution in [0.4, 0.5) is 5.95 Å². The third-order valence-electron chi connectivity index (χ3n) is 4.02. The molecule has 0 fully saturated rings. The first-order valence-corrected chi connectivity index (χ1v) is 7.86. The number of H-pyrrole nitrogens is 1. The summed E-state index contributed by atoms with van der Waals surface area (Å²) in [5.74, 6) is 0.391. The summed E-state index contributed by atoms with van der Waals surface area (Å²) in [6, 6.07) is 15.5. The number of benzene rings is 2. The lowest BCUT2D eigenvalue weighted by atomic mass is 10.1. The molecule has 0 bridgehead atoms. The van der Waals surface area contributed by atoms with Crippen LogP contribution in [-0.2, 0) is 6.54 Å². The van der Waals surface area contributed by atoms with Gasteiger partial charge in [0.05, 0.1) is 11.3 Å². The van der Waals surface area contributed by atoms with Gasteiger partial charge in [-0.15, -0.1) is 0 Å². The molecule has 7 nitrogen and oxygen atoms in total. The molecule has 0 amide bonds. The van der Waals surface area contributed by atoms with Crippen molar-refractivity contribution in [3.63, 3.8) is 0 Å². The normalized spacial score (nSPS) is 10.9. The lowest BCUT2D eigenvalue weighted by Crippen LogP contribution is -2.35. The van der Waals surface area contributed by atoms with Gasteiger partial charge in [0.15, 0.2) is 0 Å². The third kappa shape index (κ3) is 2.99. The van der Waals surface area contributed by atoms with Gasteiger partial charge in [-0.05, 0) is 22.0 Å². The molecule has 0 atom stereocenters. The van der Waals surface area contributed by atoms with E-state index in [0.717, 1.165) is 16.7 Å². The van der Waals surface area contributed by atoms with E-state index in [-0.39, 0.29) is 0 Å². The molecule has 2 heterocycles. The second kappa shape index (κ2) is 6.20. The van der Waals surface area contributed by atoms with E-state index >= 15 is 0 Å². The van der Waals surface area contributed by atoms with Gasteiger partial charge in [0.2, 0.25) is 0 Å². The van der Waals surface area contributed by atoms with Crippen molar-refractivity contribution >= 4 is 17.0 Å². The molecule has 0 spiro atoms. The lowest BCUT2D eigenvalue weighted by molar-refractivity contribution is -0.641. The van der Waals surface area contributed by atoms with Crippen molar-refractivity contribution < 1.29 is 4.85 Å². The molecule has 0 aliphatic heterocycles. The Labute approximate surface area is 144 Å². The zero-order chi connectivity index (χ0) is 17.2. The van der Waals surface area contributed by atoms with E-state index in [0.29, 0.717) is 28.4 Å². The maximum atomic E-state index is 12.4. The molecule has 0 radical (unpaired) electrons. The van der Waals surface area contributed by atoms with Crippen LogP contribution in [0.1, 0.15) is 5.56 Å². The molecule has 7 heteroatoms. The summed E-state index contributed by atoms with van der Waals surface area (Å²) < 4.78 is 0. The van der Waals surface area contributed by atoms with Gasteiger partial charge in [0, 0.05) is 31.4 Å². The third-order valence-corrected chi connectivity index (χ3v) is 4.02. The molecule has 1 N–H and O–H groups in total. The molecule has 0 aliphatic rings. The van der Waals surface area contributed by atoms with E-state index < -0.39 is 0 Å². The fourth-order valence-electron chi connectivity index (χ4n) is 2.71. The van der Waals surface area contributed by atoms with Crippen LogP contribution in [-0.4, -0.2) is 27.3 Å². The van der Waals surface area contributed by atoms with Crippen LogP contribution < -0.4 is 9.75 Å². The molecule has 0 aliphatic carbocycles. The molecule has 0 unspecified atom stereocenters. The van der Waals surface area contributed by atoms with E-state index in [1.807, 2.05) is 54.4 Å². The predicted molar refractivity (Wildman–Crippen MR) is 94.6 cm³/mol. The standard InChI is InChI=1S/C18H16N6O/c1-23(12-13-5-3-2-4-6-13)18-21-16-8-7-14(15-10-19-20-11-15)9-17(16)24(25)22-18/h2-11H,12H2,1H3,(H,19,20). The highest BCUT2D eigenvalue weighted by Gasteiger charge is 2.15. The number of fused-ring (bicyclic) bond motifs is 1. The maximum Gasteiger partial charge on any atom is 0.293 e. The number of aromatic nitrogens is 5. The number of rotatable bonds is 4. The smallest absolute Gasteiger partial charge is 0.293 e. The molecular weight excluding hydrogens is 316 g/mol. The van der Waals surface area contributed by atoms with Crippen molar-refractivity contribution in [2.45, 2.75) is 6.54 Å². The zero-order valence-electron chi connectivity index (χ0n) is 13.6. The molecular formula is C18H16N6O. The SMILES string of the molecule is CN(Cc1ccccc1)c1nc2ccc(-c3cn[nH]c3)cc2[n+]([O-])n1. The maximum absolute atomic E-state index is 12.4. The fraction of sp³-hybridized carbons (Fsp3) is 0.111. The van der Waals surface area contributed by atoms with Gasteiger partial charge in [-0.1, -0.05) is 36.4 Å². The zero-order valence-corrected chi connectivity index (χ0v) is 13.6. The highest BCUT2D eigenvalue weighted by atomic mass is 16.5. The number of aromatic amines is 1. The van der Waals surface area contributed by atoms with E-state index in [1.54, 1.807) is 18.5 Å². The highest BCUT2D eigenvalue weighted by Crippen LogP contribution is 2.21. The van der Waals surface area contributed by atoms with Gasteiger partial charge in [-0.25, -0.2) is 4.98 Å². The summed E-state index contributed by atoms with van der Waals surface area (Å²) in [6.07, 6.45) is 3.48. The Bertz CT molecular complexity index is 1000. The van der Waals surface area contributed by atoms with Crippen LogP contribution in [0.2, 0.25) is 0 Å². The van der Waals surface area contributed by atoms with Crippen LogP contribution in [0.15, 0.2) is 60.9 Å². The molecule has 2 aromatic carbocycles. The first kappa shape index (κ1) is 15.1. The van der Waals surface area contributed by atoms with Crippen molar-refractivity contribution in [3.8, 4) is 11.1 Å². The number of anilines is 1. The lowest BCUT2D eigenvalue weighted by Gasteiger charge is -2.16. The Morgan fingerprint density at radius 3 is 2.72 bits per heavy atom. The van der Waals surface area contributed by atoms with Crippen molar-refractivity contribution in [2.75, 3.05) is 11.9 Å². The van der Waals surface area contributed by atoms with Crippen molar-refractivity contribution in [2.24, 2.45) is 0 Å². The van der Waals surface area contributed by atoms with Gasteiger partial charge >= 0.3 is 0 Å². The van der Waals surface area contributed by atoms with E-state index in [9.17, 15) is 5.21 Å². The average Bonchev–Trinajstić information content (AvgIpc) is 3.17. The fourth-order valence-corrected chi connectivity index (χ4v) is 2.71. The number of hydrogen-bond acceptors (Lipinski definition) is 5. The van der Waals surface area contributed by atoms with Crippen molar-refractivity contribution in [3.05, 3.63) is 71.7 Å². The number of nitrogens with zero attached hydrogens (tertiary/aromatic N) is 5. The Hall–Kier alpha value is -3.48. The minimum Gasteiger partial charge on any atom is -0.594 e. The van der Waals surface area contributed by atoms with Crippen molar-refractivity contribution in [1.29, 1.82) is 0 Å². The first-order chi connectivity index (χ1) is 12.2. The van der Waals surface area contributed by atoms with Crippen LogP contribution in [0.3, 0.4) is 0 Å². The Morgan fingerprint density at radius 2 is 1.96 bits per heavy atom. The molecule has 0 saturated heterocycles. The van der Waals surface area contributed by atoms with Crippen LogP contribution in [0, 0.1) is 5.21 Å². The van der Waals surface area contributed by atoms with Gasteiger partial charge in [0.1, 0.15) is 5.52 Å². The predicted octanol–water partition coefficient (Wildman–Crippen LogP) is 2.29. The van der Waals surface area contributed by atoms with E-state index in [2.05, 4.69) is 20.3 Å². The van der Waals surface area contributed by atoms with Crippen LogP contribution in [0.5, 0.6) is 0 Å². The topological polar surface area (TPSA) is 84.6 Å². The van der Waals surface area contributed by atoms with Gasteiger partial charge in [-0.3, -0.25) is 5.10 Å². The highest BCUT2D eigenvalue weighted by molar-refractivity contribution is 5.79. The summed E-state index contributed by atoms with van der Waals surface area (Å²) in [4.78, 5) is 7.01. The minimum absolute atomic E-state index is 0.391. The summed E-state index contributed by atoms with van der Waals surface area (Å²) in [5.41, 5.74) is 3.95.